The topological polar surface area (TPSA) is 69.6 Å². The molecular formula is C22H33BN2O3S2. The van der Waals surface area contributed by atoms with Crippen LogP contribution >= 0.6 is 11.3 Å². The summed E-state index contributed by atoms with van der Waals surface area (Å²) in [4.78, 5) is 3.03. The molecule has 1 aliphatic carbocycles. The van der Waals surface area contributed by atoms with Gasteiger partial charge in [0.05, 0.1) is 5.69 Å². The summed E-state index contributed by atoms with van der Waals surface area (Å²) in [6, 6.07) is 11.1. The number of nitrogens with zero attached hydrogens (tertiary/aromatic N) is 1. The highest BCUT2D eigenvalue weighted by Gasteiger charge is 2.27. The molecule has 5 nitrogen and oxygen atoms in total. The first kappa shape index (κ1) is 23.3. The third kappa shape index (κ3) is 6.09. The summed E-state index contributed by atoms with van der Waals surface area (Å²) in [5.41, 5.74) is 1.44. The molecule has 0 spiro atoms. The number of para-hydroxylation sites is 1. The molecule has 1 aliphatic rings. The van der Waals surface area contributed by atoms with Crippen LogP contribution in [0.4, 0.5) is 5.69 Å². The van der Waals surface area contributed by atoms with Crippen LogP contribution in [0.2, 0.25) is 6.82 Å². The maximum atomic E-state index is 12.8. The number of nitrogens with one attached hydrogen (secondary N) is 1. The molecule has 30 heavy (non-hydrogen) atoms. The van der Waals surface area contributed by atoms with Crippen molar-refractivity contribution in [3.8, 4) is 0 Å². The van der Waals surface area contributed by atoms with Gasteiger partial charge in [-0.25, -0.2) is 8.42 Å². The van der Waals surface area contributed by atoms with Crippen LogP contribution in [-0.4, -0.2) is 31.3 Å². The van der Waals surface area contributed by atoms with Gasteiger partial charge in [0.25, 0.3) is 10.0 Å². The fourth-order valence-corrected chi connectivity index (χ4v) is 6.79. The molecular weight excluding hydrogens is 415 g/mol. The fraction of sp³-hybridized carbons (Fsp3) is 0.545. The number of aryl methyl sites for hydroxylation is 1. The van der Waals surface area contributed by atoms with Gasteiger partial charge in [0.1, 0.15) is 4.21 Å². The Kier molecular flexibility index (Phi) is 8.01. The van der Waals surface area contributed by atoms with E-state index in [9.17, 15) is 13.4 Å². The van der Waals surface area contributed by atoms with E-state index in [1.807, 2.05) is 31.2 Å². The van der Waals surface area contributed by atoms with E-state index >= 15 is 0 Å². The minimum Gasteiger partial charge on any atom is -0.437 e. The lowest BCUT2D eigenvalue weighted by molar-refractivity contribution is 0.224. The van der Waals surface area contributed by atoms with Crippen LogP contribution in [-0.2, 0) is 16.6 Å². The number of hydrogen-bond donors (Lipinski definition) is 2. The molecule has 0 amide bonds. The van der Waals surface area contributed by atoms with E-state index in [4.69, 9.17) is 0 Å². The van der Waals surface area contributed by atoms with Gasteiger partial charge in [-0.15, -0.1) is 11.3 Å². The van der Waals surface area contributed by atoms with Crippen LogP contribution < -0.4 is 4.72 Å². The SMILES string of the molecule is CB(O)N(Cc1ccccc1NS(=O)(=O)c1ccc(C)s1)[C@@H](C)CC1CCCCC1. The van der Waals surface area contributed by atoms with E-state index in [0.717, 1.165) is 16.9 Å². The maximum absolute atomic E-state index is 12.8. The van der Waals surface area contributed by atoms with Crippen molar-refractivity contribution >= 4 is 34.1 Å². The van der Waals surface area contributed by atoms with Crippen molar-refractivity contribution < 1.29 is 13.4 Å². The number of thiophene rings is 1. The zero-order valence-electron chi connectivity index (χ0n) is 18.2. The van der Waals surface area contributed by atoms with Crippen molar-refractivity contribution in [2.75, 3.05) is 4.72 Å². The molecule has 1 fully saturated rings. The maximum Gasteiger partial charge on any atom is 0.376 e. The van der Waals surface area contributed by atoms with Gasteiger partial charge in [0, 0.05) is 11.4 Å². The fourth-order valence-electron chi connectivity index (χ4n) is 4.40. The smallest absolute Gasteiger partial charge is 0.376 e. The molecule has 2 aromatic rings. The number of benzene rings is 1. The average Bonchev–Trinajstić information content (AvgIpc) is 3.15. The lowest BCUT2D eigenvalue weighted by Crippen LogP contribution is -2.44. The first-order chi connectivity index (χ1) is 14.3. The largest absolute Gasteiger partial charge is 0.437 e. The first-order valence-corrected chi connectivity index (χ1v) is 13.2. The lowest BCUT2D eigenvalue weighted by Gasteiger charge is -2.34. The van der Waals surface area contributed by atoms with Crippen LogP contribution in [0.25, 0.3) is 0 Å². The molecule has 0 bridgehead atoms. The predicted octanol–water partition coefficient (Wildman–Crippen LogP) is 5.13. The third-order valence-electron chi connectivity index (χ3n) is 6.04. The highest BCUT2D eigenvalue weighted by molar-refractivity contribution is 7.94. The molecule has 1 aromatic carbocycles. The molecule has 1 aromatic heterocycles. The van der Waals surface area contributed by atoms with Gasteiger partial charge in [0.15, 0.2) is 0 Å². The van der Waals surface area contributed by atoms with E-state index in [-0.39, 0.29) is 6.04 Å². The number of anilines is 1. The highest BCUT2D eigenvalue weighted by atomic mass is 32.2. The van der Waals surface area contributed by atoms with Crippen molar-refractivity contribution in [2.24, 2.45) is 5.92 Å². The van der Waals surface area contributed by atoms with Crippen molar-refractivity contribution in [1.82, 2.24) is 4.81 Å². The minimum absolute atomic E-state index is 0.220. The van der Waals surface area contributed by atoms with Crippen LogP contribution in [0.5, 0.6) is 0 Å². The van der Waals surface area contributed by atoms with Gasteiger partial charge in [-0.2, -0.15) is 0 Å². The van der Waals surface area contributed by atoms with Gasteiger partial charge >= 0.3 is 7.05 Å². The van der Waals surface area contributed by atoms with Gasteiger partial charge in [-0.1, -0.05) is 57.2 Å². The number of sulfonamides is 1. The molecule has 3 rings (SSSR count). The Morgan fingerprint density at radius 2 is 1.90 bits per heavy atom. The van der Waals surface area contributed by atoms with E-state index < -0.39 is 17.1 Å². The van der Waals surface area contributed by atoms with Crippen molar-refractivity contribution in [3.05, 3.63) is 46.8 Å². The van der Waals surface area contributed by atoms with Crippen molar-refractivity contribution in [1.29, 1.82) is 0 Å². The Bertz CT molecular complexity index is 924. The molecule has 8 heteroatoms. The Labute approximate surface area is 185 Å². The summed E-state index contributed by atoms with van der Waals surface area (Å²) in [6.07, 6.45) is 7.55. The molecule has 2 N–H and O–H groups in total. The lowest BCUT2D eigenvalue weighted by atomic mass is 9.79. The quantitative estimate of drug-likeness (QED) is 0.522. The second kappa shape index (κ2) is 10.3. The first-order valence-electron chi connectivity index (χ1n) is 10.9. The van der Waals surface area contributed by atoms with E-state index in [1.54, 1.807) is 19.0 Å². The second-order valence-corrected chi connectivity index (χ2v) is 11.7. The Morgan fingerprint density at radius 3 is 2.53 bits per heavy atom. The summed E-state index contributed by atoms with van der Waals surface area (Å²) < 4.78 is 28.7. The van der Waals surface area contributed by atoms with E-state index in [0.29, 0.717) is 22.4 Å². The van der Waals surface area contributed by atoms with Gasteiger partial charge in [-0.3, -0.25) is 4.72 Å². The molecule has 1 heterocycles. The third-order valence-corrected chi connectivity index (χ3v) is 8.90. The number of hydrogen-bond acceptors (Lipinski definition) is 5. The second-order valence-electron chi connectivity index (χ2n) is 8.52. The normalized spacial score (nSPS) is 16.6. The molecule has 1 saturated carbocycles. The van der Waals surface area contributed by atoms with Crippen LogP contribution in [0, 0.1) is 12.8 Å². The Hall–Kier alpha value is -1.35. The average molecular weight is 448 g/mol. The monoisotopic (exact) mass is 448 g/mol. The molecule has 0 radical (unpaired) electrons. The van der Waals surface area contributed by atoms with Crippen LogP contribution in [0.1, 0.15) is 55.9 Å². The van der Waals surface area contributed by atoms with Gasteiger partial charge in [-0.05, 0) is 55.9 Å². The summed E-state index contributed by atoms with van der Waals surface area (Å²) in [6.45, 7) is 6.35. The van der Waals surface area contributed by atoms with Crippen molar-refractivity contribution in [3.63, 3.8) is 0 Å². The standard InChI is InChI=1S/C22H33BN2O3S2/c1-17(15-19-9-5-4-6-10-19)25(23(3)26)16-20-11-7-8-12-21(20)24-30(27,28)22-14-13-18(2)29-22/h7-8,11-14,17,19,24,26H,4-6,9-10,15-16H2,1-3H3/t17-/m0/s1. The molecule has 1 atom stereocenters. The van der Waals surface area contributed by atoms with E-state index in [1.165, 1.54) is 43.4 Å². The zero-order chi connectivity index (χ0) is 21.7. The number of rotatable bonds is 9. The Balaban J connectivity index is 1.76. The van der Waals surface area contributed by atoms with E-state index in [2.05, 4.69) is 16.5 Å². The summed E-state index contributed by atoms with van der Waals surface area (Å²) in [7, 11) is -4.23. The summed E-state index contributed by atoms with van der Waals surface area (Å²) >= 11 is 1.26. The molecule has 0 saturated heterocycles. The van der Waals surface area contributed by atoms with Gasteiger partial charge < -0.3 is 9.83 Å². The summed E-state index contributed by atoms with van der Waals surface area (Å²) in [5.74, 6) is 0.714. The predicted molar refractivity (Wildman–Crippen MR) is 126 cm³/mol. The van der Waals surface area contributed by atoms with Crippen LogP contribution in [0.3, 0.4) is 0 Å². The molecule has 0 unspecified atom stereocenters. The Morgan fingerprint density at radius 1 is 1.20 bits per heavy atom. The summed E-state index contributed by atoms with van der Waals surface area (Å²) in [5, 5.41) is 10.5. The molecule has 164 valence electrons. The van der Waals surface area contributed by atoms with Gasteiger partial charge in [0.2, 0.25) is 0 Å². The highest BCUT2D eigenvalue weighted by Crippen LogP contribution is 2.30. The van der Waals surface area contributed by atoms with Crippen LogP contribution in [0.15, 0.2) is 40.6 Å². The molecule has 0 aliphatic heterocycles. The minimum atomic E-state index is -3.63. The van der Waals surface area contributed by atoms with Crippen molar-refractivity contribution in [2.45, 2.75) is 76.0 Å². The zero-order valence-corrected chi connectivity index (χ0v) is 19.8.